The third-order valence-electron chi connectivity index (χ3n) is 0.300. The summed E-state index contributed by atoms with van der Waals surface area (Å²) in [5.74, 6) is 0. The van der Waals surface area contributed by atoms with Crippen LogP contribution >= 0.6 is 7.82 Å². The first-order valence-corrected chi connectivity index (χ1v) is 5.59. The molecule has 0 saturated heterocycles. The predicted molar refractivity (Wildman–Crippen MR) is 50.1 cm³/mol. The first kappa shape index (κ1) is 44.3. The minimum atomic E-state index is -5.39. The molecule has 0 radical (unpaired) electrons. The maximum absolute atomic E-state index is 8.55. The average Bonchev–Trinajstić information content (AvgIpc) is 2.27. The summed E-state index contributed by atoms with van der Waals surface area (Å²) in [5.41, 5.74) is 0. The molecule has 10 nitrogen and oxygen atoms in total. The molecule has 0 unspecified atom stereocenters. The summed E-state index contributed by atoms with van der Waals surface area (Å²) in [5, 5.41) is 45.8. The number of hydrogen-bond acceptors (Lipinski definition) is 10. The van der Waals surface area contributed by atoms with Crippen molar-refractivity contribution in [3.63, 3.8) is 0 Å². The van der Waals surface area contributed by atoms with Crippen molar-refractivity contribution in [1.29, 1.82) is 0 Å². The van der Waals surface area contributed by atoms with Gasteiger partial charge in [0.25, 0.3) is 0 Å². The Morgan fingerprint density at radius 3 is 0.600 bits per heavy atom. The fourth-order valence-electron chi connectivity index (χ4n) is 0. The van der Waals surface area contributed by atoms with Gasteiger partial charge >= 0.3 is 154 Å². The van der Waals surface area contributed by atoms with Crippen LogP contribution in [-0.4, -0.2) is 70.3 Å². The minimum absolute atomic E-state index is 0. The second-order valence-electron chi connectivity index (χ2n) is 1.79. The fraction of sp³-hybridized carbons (Fsp3) is 1.00. The summed E-state index contributed by atoms with van der Waals surface area (Å²) in [6, 6.07) is 0. The molecule has 0 aliphatic heterocycles. The van der Waals surface area contributed by atoms with E-state index in [0.29, 0.717) is 0 Å². The molecule has 0 spiro atoms. The fourth-order valence-corrected chi connectivity index (χ4v) is 0. The standard InChI is InChI=1S/3C2H6O2.3K.H3O4P/c3*3-1-2-4;;;;1-5(2,3)4/h3*3-4H,1-2H2;;;;(H3,1,2,3,4)/q;;;3*+1;/p-3. The molecule has 0 fully saturated rings. The van der Waals surface area contributed by atoms with Gasteiger partial charge in [-0.15, -0.1) is 0 Å². The first-order valence-electron chi connectivity index (χ1n) is 4.13. The van der Waals surface area contributed by atoms with Crippen LogP contribution in [-0.2, 0) is 4.57 Å². The van der Waals surface area contributed by atoms with Crippen molar-refractivity contribution in [1.82, 2.24) is 0 Å². The molecular weight excluding hydrogens is 380 g/mol. The Balaban J connectivity index is -0.0000000216. The molecule has 110 valence electrons. The number of aliphatic hydroxyl groups is 6. The van der Waals surface area contributed by atoms with E-state index in [1.807, 2.05) is 0 Å². The van der Waals surface area contributed by atoms with Crippen molar-refractivity contribution < 1.29 is 204 Å². The molecular formula is C6H18K3O10P. The maximum atomic E-state index is 8.55. The zero-order valence-corrected chi connectivity index (χ0v) is 22.3. The zero-order chi connectivity index (χ0) is 14.7. The summed E-state index contributed by atoms with van der Waals surface area (Å²) in [6.07, 6.45) is 0. The van der Waals surface area contributed by atoms with Gasteiger partial charge in [0.05, 0.1) is 39.6 Å². The van der Waals surface area contributed by atoms with Gasteiger partial charge in [0.15, 0.2) is 0 Å². The molecule has 0 bridgehead atoms. The summed E-state index contributed by atoms with van der Waals surface area (Å²) in [7, 11) is -5.39. The van der Waals surface area contributed by atoms with E-state index in [0.717, 1.165) is 0 Å². The molecule has 6 N–H and O–H groups in total. The van der Waals surface area contributed by atoms with E-state index in [1.54, 1.807) is 0 Å². The summed E-state index contributed by atoms with van der Waals surface area (Å²) in [4.78, 5) is 25.6. The van der Waals surface area contributed by atoms with Crippen LogP contribution in [0.2, 0.25) is 0 Å². The molecule has 14 heteroatoms. The molecule has 0 atom stereocenters. The predicted octanol–water partition coefficient (Wildman–Crippen LogP) is -14.9. The summed E-state index contributed by atoms with van der Waals surface area (Å²) in [6.45, 7) is -0.750. The topological polar surface area (TPSA) is 208 Å². The summed E-state index contributed by atoms with van der Waals surface area (Å²) < 4.78 is 8.55. The Morgan fingerprint density at radius 2 is 0.600 bits per heavy atom. The van der Waals surface area contributed by atoms with Gasteiger partial charge in [-0.1, -0.05) is 0 Å². The SMILES string of the molecule is O=P([O-])([O-])[O-].OCCO.OCCO.OCCO.[K+].[K+].[K+]. The molecule has 20 heavy (non-hydrogen) atoms. The third kappa shape index (κ3) is 179. The van der Waals surface area contributed by atoms with E-state index < -0.39 is 7.82 Å². The Bertz CT molecular complexity index is 125. The molecule has 0 saturated carbocycles. The van der Waals surface area contributed by atoms with Crippen LogP contribution in [0.3, 0.4) is 0 Å². The van der Waals surface area contributed by atoms with Crippen LogP contribution in [0.15, 0.2) is 0 Å². The molecule has 0 aromatic heterocycles. The van der Waals surface area contributed by atoms with Crippen LogP contribution in [0.4, 0.5) is 0 Å². The third-order valence-corrected chi connectivity index (χ3v) is 0.300. The van der Waals surface area contributed by atoms with Crippen LogP contribution in [0.25, 0.3) is 0 Å². The van der Waals surface area contributed by atoms with Crippen molar-refractivity contribution in [2.45, 2.75) is 0 Å². The molecule has 0 aliphatic carbocycles. The Kier molecular flexibility index (Phi) is 97.1. The van der Waals surface area contributed by atoms with Crippen molar-refractivity contribution in [2.24, 2.45) is 0 Å². The molecule has 0 rings (SSSR count). The molecule has 0 aromatic rings. The molecule has 0 heterocycles. The first-order chi connectivity index (χ1) is 7.74. The second kappa shape index (κ2) is 43.8. The smallest absolute Gasteiger partial charge is 0.822 e. The van der Waals surface area contributed by atoms with Gasteiger partial charge in [0, 0.05) is 0 Å². The molecule has 0 aromatic carbocycles. The van der Waals surface area contributed by atoms with E-state index in [2.05, 4.69) is 0 Å². The van der Waals surface area contributed by atoms with Gasteiger partial charge in [-0.05, 0) is 0 Å². The monoisotopic (exact) mass is 398 g/mol. The van der Waals surface area contributed by atoms with Crippen molar-refractivity contribution in [3.05, 3.63) is 0 Å². The van der Waals surface area contributed by atoms with Gasteiger partial charge < -0.3 is 49.9 Å². The quantitative estimate of drug-likeness (QED) is 0.195. The number of aliphatic hydroxyl groups excluding tert-OH is 6. The Labute approximate surface area is 245 Å². The van der Waals surface area contributed by atoms with Gasteiger partial charge in [-0.3, -0.25) is 0 Å². The number of phosphoric acid groups is 1. The van der Waals surface area contributed by atoms with Crippen molar-refractivity contribution in [2.75, 3.05) is 39.6 Å². The number of rotatable bonds is 3. The maximum Gasteiger partial charge on any atom is 1.00 e. The van der Waals surface area contributed by atoms with Gasteiger partial charge in [0.2, 0.25) is 0 Å². The van der Waals surface area contributed by atoms with Crippen molar-refractivity contribution >= 4 is 7.82 Å². The van der Waals surface area contributed by atoms with Gasteiger partial charge in [-0.25, -0.2) is 0 Å². The minimum Gasteiger partial charge on any atom is -0.822 e. The van der Waals surface area contributed by atoms with Gasteiger partial charge in [0.1, 0.15) is 0 Å². The van der Waals surface area contributed by atoms with E-state index in [9.17, 15) is 0 Å². The summed E-state index contributed by atoms with van der Waals surface area (Å²) >= 11 is 0. The van der Waals surface area contributed by atoms with Crippen LogP contribution in [0.5, 0.6) is 0 Å². The zero-order valence-electron chi connectivity index (χ0n) is 12.0. The van der Waals surface area contributed by atoms with Gasteiger partial charge in [-0.2, -0.15) is 7.82 Å². The molecule has 0 amide bonds. The Morgan fingerprint density at radius 1 is 0.550 bits per heavy atom. The van der Waals surface area contributed by atoms with E-state index >= 15 is 0 Å². The van der Waals surface area contributed by atoms with E-state index in [1.165, 1.54) is 0 Å². The van der Waals surface area contributed by atoms with Crippen LogP contribution < -0.4 is 169 Å². The van der Waals surface area contributed by atoms with Crippen molar-refractivity contribution in [3.8, 4) is 0 Å². The molecule has 0 aliphatic rings. The van der Waals surface area contributed by atoms with E-state index in [4.69, 9.17) is 49.9 Å². The normalized spacial score (nSPS) is 7.45. The van der Waals surface area contributed by atoms with E-state index in [-0.39, 0.29) is 194 Å². The second-order valence-corrected chi connectivity index (χ2v) is 2.68. The van der Waals surface area contributed by atoms with Crippen LogP contribution in [0, 0.1) is 0 Å². The van der Waals surface area contributed by atoms with Crippen LogP contribution in [0.1, 0.15) is 0 Å². The Hall–Kier alpha value is 4.78. The largest absolute Gasteiger partial charge is 1.00 e. The number of hydrogen-bond donors (Lipinski definition) is 6. The average molecular weight is 398 g/mol.